The van der Waals surface area contributed by atoms with Crippen LogP contribution in [-0.2, 0) is 10.5 Å². The topological polar surface area (TPSA) is 64.1 Å². The summed E-state index contributed by atoms with van der Waals surface area (Å²) in [5, 5.41) is 5.06. The van der Waals surface area contributed by atoms with Gasteiger partial charge in [0.15, 0.2) is 0 Å². The van der Waals surface area contributed by atoms with E-state index < -0.39 is 0 Å². The first-order valence-electron chi connectivity index (χ1n) is 9.45. The van der Waals surface area contributed by atoms with E-state index in [-0.39, 0.29) is 5.91 Å². The Bertz CT molecular complexity index is 1080. The molecule has 7 heteroatoms. The maximum Gasteiger partial charge on any atom is 0.230 e. The summed E-state index contributed by atoms with van der Waals surface area (Å²) in [6.45, 7) is 1.13. The minimum atomic E-state index is 0.0444. The van der Waals surface area contributed by atoms with Gasteiger partial charge >= 0.3 is 0 Å². The van der Waals surface area contributed by atoms with Gasteiger partial charge in [0.25, 0.3) is 0 Å². The van der Waals surface area contributed by atoms with E-state index in [1.807, 2.05) is 48.5 Å². The highest BCUT2D eigenvalue weighted by Gasteiger charge is 2.06. The van der Waals surface area contributed by atoms with Gasteiger partial charge in [-0.2, -0.15) is 0 Å². The molecule has 0 fully saturated rings. The van der Waals surface area contributed by atoms with Gasteiger partial charge < -0.3 is 10.1 Å². The summed E-state index contributed by atoms with van der Waals surface area (Å²) in [4.78, 5) is 21.0. The number of hydrogen-bond donors (Lipinski definition) is 1. The predicted octanol–water partition coefficient (Wildman–Crippen LogP) is 4.66. The van der Waals surface area contributed by atoms with Gasteiger partial charge in [-0.15, -0.1) is 23.1 Å². The highest BCUT2D eigenvalue weighted by atomic mass is 32.2. The molecule has 0 aliphatic heterocycles. The first-order chi connectivity index (χ1) is 14.3. The average molecular weight is 424 g/mol. The van der Waals surface area contributed by atoms with Gasteiger partial charge in [-0.3, -0.25) is 9.78 Å². The van der Waals surface area contributed by atoms with Crippen LogP contribution < -0.4 is 10.1 Å². The van der Waals surface area contributed by atoms with Crippen LogP contribution >= 0.6 is 23.1 Å². The van der Waals surface area contributed by atoms with Crippen LogP contribution in [0.2, 0.25) is 0 Å². The average Bonchev–Trinajstić information content (AvgIpc) is 3.16. The van der Waals surface area contributed by atoms with Gasteiger partial charge in [-0.25, -0.2) is 4.98 Å². The highest BCUT2D eigenvalue weighted by Crippen LogP contribution is 2.25. The van der Waals surface area contributed by atoms with Crippen molar-refractivity contribution in [2.24, 2.45) is 0 Å². The van der Waals surface area contributed by atoms with Crippen molar-refractivity contribution in [3.05, 3.63) is 65.8 Å². The summed E-state index contributed by atoms with van der Waals surface area (Å²) in [6.07, 6.45) is 2.51. The number of benzene rings is 2. The van der Waals surface area contributed by atoms with Crippen molar-refractivity contribution < 1.29 is 9.53 Å². The van der Waals surface area contributed by atoms with Crippen LogP contribution in [0.25, 0.3) is 21.1 Å². The molecule has 0 saturated carbocycles. The number of ether oxygens (including phenoxy) is 1. The van der Waals surface area contributed by atoms with Crippen molar-refractivity contribution in [1.29, 1.82) is 0 Å². The number of nitrogens with zero attached hydrogens (tertiary/aromatic N) is 2. The number of pyridine rings is 1. The van der Waals surface area contributed by atoms with Gasteiger partial charge in [0.05, 0.1) is 22.6 Å². The maximum atomic E-state index is 12.0. The Morgan fingerprint density at radius 1 is 1.10 bits per heavy atom. The van der Waals surface area contributed by atoms with E-state index in [1.165, 1.54) is 4.70 Å². The van der Waals surface area contributed by atoms with E-state index in [9.17, 15) is 4.79 Å². The smallest absolute Gasteiger partial charge is 0.230 e. The van der Waals surface area contributed by atoms with E-state index >= 15 is 0 Å². The third-order valence-corrected chi connectivity index (χ3v) is 6.46. The number of hydrogen-bond acceptors (Lipinski definition) is 6. The van der Waals surface area contributed by atoms with E-state index in [0.717, 1.165) is 39.4 Å². The van der Waals surface area contributed by atoms with E-state index in [2.05, 4.69) is 21.4 Å². The summed E-state index contributed by atoms with van der Waals surface area (Å²) >= 11 is 3.27. The minimum absolute atomic E-state index is 0.0444. The molecule has 1 amide bonds. The molecule has 2 aromatic heterocycles. The van der Waals surface area contributed by atoms with Crippen molar-refractivity contribution in [2.45, 2.75) is 12.2 Å². The zero-order chi connectivity index (χ0) is 19.9. The molecule has 148 valence electrons. The summed E-state index contributed by atoms with van der Waals surface area (Å²) in [5.41, 5.74) is 1.89. The van der Waals surface area contributed by atoms with E-state index in [1.54, 1.807) is 29.3 Å². The largest absolute Gasteiger partial charge is 0.491 e. The third kappa shape index (κ3) is 5.25. The van der Waals surface area contributed by atoms with Crippen LogP contribution in [0.5, 0.6) is 5.75 Å². The Kier molecular flexibility index (Phi) is 6.59. The fourth-order valence-electron chi connectivity index (χ4n) is 2.94. The Labute approximate surface area is 177 Å². The molecule has 1 N–H and O–H groups in total. The lowest BCUT2D eigenvalue weighted by molar-refractivity contribution is -0.118. The van der Waals surface area contributed by atoms with Crippen molar-refractivity contribution in [1.82, 2.24) is 15.3 Å². The van der Waals surface area contributed by atoms with Crippen molar-refractivity contribution in [2.75, 3.05) is 18.9 Å². The fourth-order valence-corrected chi connectivity index (χ4v) is 4.82. The monoisotopic (exact) mass is 423 g/mol. The second-order valence-corrected chi connectivity index (χ2v) is 8.55. The molecule has 0 saturated heterocycles. The number of nitrogens with one attached hydrogen (secondary N) is 1. The number of thioether (sulfide) groups is 1. The molecule has 0 spiro atoms. The Hall–Kier alpha value is -2.64. The number of rotatable bonds is 9. The van der Waals surface area contributed by atoms with Gasteiger partial charge in [0, 0.05) is 23.9 Å². The number of para-hydroxylation sites is 2. The molecule has 4 aromatic rings. The minimum Gasteiger partial charge on any atom is -0.491 e. The quantitative estimate of drug-likeness (QED) is 0.397. The molecule has 4 rings (SSSR count). The van der Waals surface area contributed by atoms with Crippen molar-refractivity contribution in [3.63, 3.8) is 0 Å². The van der Waals surface area contributed by atoms with Crippen LogP contribution in [0.4, 0.5) is 0 Å². The SMILES string of the molecule is O=C(CSCc1nc2ccccc2s1)NCCCOc1cccc2cccnc12. The molecular formula is C22H21N3O2S2. The Balaban J connectivity index is 1.14. The summed E-state index contributed by atoms with van der Waals surface area (Å²) in [6, 6.07) is 17.9. The number of amides is 1. The van der Waals surface area contributed by atoms with Gasteiger partial charge in [-0.05, 0) is 30.7 Å². The fraction of sp³-hybridized carbons (Fsp3) is 0.227. The molecule has 0 radical (unpaired) electrons. The molecule has 0 aliphatic carbocycles. The normalized spacial score (nSPS) is 11.0. The number of fused-ring (bicyclic) bond motifs is 2. The van der Waals surface area contributed by atoms with Crippen LogP contribution in [0.1, 0.15) is 11.4 Å². The molecule has 0 unspecified atom stereocenters. The lowest BCUT2D eigenvalue weighted by Crippen LogP contribution is -2.27. The van der Waals surface area contributed by atoms with Gasteiger partial charge in [-0.1, -0.05) is 30.3 Å². The number of carbonyl (C=O) groups excluding carboxylic acids is 1. The summed E-state index contributed by atoms with van der Waals surface area (Å²) < 4.78 is 7.03. The third-order valence-electron chi connectivity index (χ3n) is 4.29. The first kappa shape index (κ1) is 19.7. The standard InChI is InChI=1S/C22H21N3O2S2/c26-20(14-28-15-21-25-17-8-1-2-10-19(17)29-21)23-12-5-13-27-18-9-3-6-16-7-4-11-24-22(16)18/h1-4,6-11H,5,12-15H2,(H,23,26). The Morgan fingerprint density at radius 2 is 2.00 bits per heavy atom. The van der Waals surface area contributed by atoms with Gasteiger partial charge in [0.1, 0.15) is 16.3 Å². The number of carbonyl (C=O) groups is 1. The lowest BCUT2D eigenvalue weighted by atomic mass is 10.2. The zero-order valence-electron chi connectivity index (χ0n) is 15.8. The van der Waals surface area contributed by atoms with Crippen molar-refractivity contribution in [3.8, 4) is 5.75 Å². The first-order valence-corrected chi connectivity index (χ1v) is 11.4. The summed E-state index contributed by atoms with van der Waals surface area (Å²) in [7, 11) is 0. The molecule has 2 heterocycles. The second-order valence-electron chi connectivity index (χ2n) is 6.45. The predicted molar refractivity (Wildman–Crippen MR) is 121 cm³/mol. The number of aromatic nitrogens is 2. The van der Waals surface area contributed by atoms with Gasteiger partial charge in [0.2, 0.25) is 5.91 Å². The molecular weight excluding hydrogens is 402 g/mol. The highest BCUT2D eigenvalue weighted by molar-refractivity contribution is 7.99. The molecule has 0 bridgehead atoms. The molecule has 0 atom stereocenters. The molecule has 5 nitrogen and oxygen atoms in total. The molecule has 29 heavy (non-hydrogen) atoms. The van der Waals surface area contributed by atoms with E-state index in [0.29, 0.717) is 18.9 Å². The lowest BCUT2D eigenvalue weighted by Gasteiger charge is -2.09. The van der Waals surface area contributed by atoms with Crippen LogP contribution in [0, 0.1) is 0 Å². The molecule has 2 aromatic carbocycles. The van der Waals surface area contributed by atoms with Crippen molar-refractivity contribution >= 4 is 50.1 Å². The Morgan fingerprint density at radius 3 is 2.93 bits per heavy atom. The second kappa shape index (κ2) is 9.71. The number of thiazole rings is 1. The van der Waals surface area contributed by atoms with Crippen LogP contribution in [0.15, 0.2) is 60.8 Å². The molecule has 0 aliphatic rings. The maximum absolute atomic E-state index is 12.0. The van der Waals surface area contributed by atoms with E-state index in [4.69, 9.17) is 4.74 Å². The summed E-state index contributed by atoms with van der Waals surface area (Å²) in [5.74, 6) is 2.01. The van der Waals surface area contributed by atoms with Crippen LogP contribution in [0.3, 0.4) is 0 Å². The van der Waals surface area contributed by atoms with Crippen LogP contribution in [-0.4, -0.2) is 34.8 Å². The zero-order valence-corrected chi connectivity index (χ0v) is 17.5.